The monoisotopic (exact) mass is 579 g/mol. The van der Waals surface area contributed by atoms with Gasteiger partial charge in [-0.25, -0.2) is 9.97 Å². The van der Waals surface area contributed by atoms with Crippen LogP contribution in [-0.2, 0) is 17.6 Å². The zero-order chi connectivity index (χ0) is 31.5. The van der Waals surface area contributed by atoms with E-state index < -0.39 is 11.6 Å². The van der Waals surface area contributed by atoms with Gasteiger partial charge >= 0.3 is 5.97 Å². The number of nitrogens with zero attached hydrogens (tertiary/aromatic N) is 3. The van der Waals surface area contributed by atoms with Gasteiger partial charge in [-0.2, -0.15) is 0 Å². The molecular formula is C36H41N3O4. The van der Waals surface area contributed by atoms with Crippen LogP contribution < -0.4 is 4.74 Å². The fourth-order valence-electron chi connectivity index (χ4n) is 5.55. The van der Waals surface area contributed by atoms with Crippen LogP contribution in [-0.4, -0.2) is 43.3 Å². The van der Waals surface area contributed by atoms with Crippen LogP contribution in [0.1, 0.15) is 62.7 Å². The summed E-state index contributed by atoms with van der Waals surface area (Å²) in [5.41, 5.74) is 9.04. The molecule has 0 bridgehead atoms. The molecule has 3 heterocycles. The molecule has 7 nitrogen and oxygen atoms in total. The summed E-state index contributed by atoms with van der Waals surface area (Å²) in [5.74, 6) is -0.0285. The number of carboxylic acid groups (broad SMARTS) is 1. The molecule has 0 saturated heterocycles. The Morgan fingerprint density at radius 3 is 2.26 bits per heavy atom. The first-order valence-corrected chi connectivity index (χ1v) is 14.7. The van der Waals surface area contributed by atoms with E-state index in [1.807, 2.05) is 59.0 Å². The van der Waals surface area contributed by atoms with Crippen LogP contribution in [0.2, 0.25) is 0 Å². The average Bonchev–Trinajstić information content (AvgIpc) is 2.94. The van der Waals surface area contributed by atoms with E-state index in [0.29, 0.717) is 6.61 Å². The van der Waals surface area contributed by atoms with Gasteiger partial charge in [-0.3, -0.25) is 9.78 Å². The molecule has 2 N–H and O–H groups in total. The van der Waals surface area contributed by atoms with Gasteiger partial charge in [0.1, 0.15) is 12.1 Å². The Bertz CT molecular complexity index is 1770. The summed E-state index contributed by atoms with van der Waals surface area (Å²) in [6, 6.07) is 14.4. The van der Waals surface area contributed by atoms with E-state index in [1.165, 1.54) is 5.56 Å². The molecule has 0 aliphatic carbocycles. The number of aryl methyl sites for hydroxylation is 3. The SMILES string of the molecule is CC.CC(C)(C)O.Cc1cc2cc(-c3c(C)ncnc3C)ccc2c(-c2ccc3c4c(ccnc24)CCO3)c1CC(=O)O. The summed E-state index contributed by atoms with van der Waals surface area (Å²) in [6.07, 6.45) is 4.19. The molecule has 0 radical (unpaired) electrons. The van der Waals surface area contributed by atoms with Crippen LogP contribution in [0.3, 0.4) is 0 Å². The number of carbonyl (C=O) groups is 1. The van der Waals surface area contributed by atoms with Crippen molar-refractivity contribution in [2.45, 2.75) is 73.8 Å². The third kappa shape index (κ3) is 6.83. The molecule has 1 aliphatic rings. The Labute approximate surface area is 253 Å². The molecule has 1 aliphatic heterocycles. The van der Waals surface area contributed by atoms with Gasteiger partial charge in [0.05, 0.1) is 24.1 Å². The zero-order valence-electron chi connectivity index (χ0n) is 26.4. The average molecular weight is 580 g/mol. The lowest BCUT2D eigenvalue weighted by molar-refractivity contribution is -0.136. The van der Waals surface area contributed by atoms with E-state index in [-0.39, 0.29) is 6.42 Å². The van der Waals surface area contributed by atoms with Crippen LogP contribution in [0.5, 0.6) is 5.75 Å². The van der Waals surface area contributed by atoms with Gasteiger partial charge in [0.25, 0.3) is 0 Å². The second kappa shape index (κ2) is 12.9. The molecular weight excluding hydrogens is 538 g/mol. The highest BCUT2D eigenvalue weighted by Crippen LogP contribution is 2.43. The Morgan fingerprint density at radius 2 is 1.60 bits per heavy atom. The van der Waals surface area contributed by atoms with Crippen molar-refractivity contribution < 1.29 is 19.7 Å². The first-order chi connectivity index (χ1) is 20.4. The number of rotatable bonds is 4. The van der Waals surface area contributed by atoms with Gasteiger partial charge in [-0.1, -0.05) is 32.0 Å². The fraction of sp³-hybridized carbons (Fsp3) is 0.333. The molecule has 43 heavy (non-hydrogen) atoms. The highest BCUT2D eigenvalue weighted by molar-refractivity contribution is 6.09. The van der Waals surface area contributed by atoms with Crippen LogP contribution >= 0.6 is 0 Å². The van der Waals surface area contributed by atoms with Crippen LogP contribution in [0.25, 0.3) is 43.9 Å². The van der Waals surface area contributed by atoms with Crippen LogP contribution in [0.4, 0.5) is 0 Å². The van der Waals surface area contributed by atoms with Gasteiger partial charge in [0, 0.05) is 40.5 Å². The maximum absolute atomic E-state index is 11.9. The Hall–Kier alpha value is -4.36. The van der Waals surface area contributed by atoms with Gasteiger partial charge in [0.2, 0.25) is 0 Å². The molecule has 2 aromatic heterocycles. The fourth-order valence-corrected chi connectivity index (χ4v) is 5.55. The molecule has 224 valence electrons. The van der Waals surface area contributed by atoms with E-state index in [2.05, 4.69) is 34.2 Å². The van der Waals surface area contributed by atoms with Crippen molar-refractivity contribution in [2.75, 3.05) is 6.61 Å². The Kier molecular flexibility index (Phi) is 9.46. The van der Waals surface area contributed by atoms with Crippen molar-refractivity contribution >= 4 is 27.6 Å². The number of benzene rings is 3. The maximum Gasteiger partial charge on any atom is 0.307 e. The highest BCUT2D eigenvalue weighted by atomic mass is 16.5. The molecule has 0 amide bonds. The number of hydrogen-bond donors (Lipinski definition) is 2. The minimum atomic E-state index is -0.859. The Balaban J connectivity index is 0.000000551. The van der Waals surface area contributed by atoms with Crippen molar-refractivity contribution in [1.29, 1.82) is 0 Å². The van der Waals surface area contributed by atoms with E-state index in [1.54, 1.807) is 27.1 Å². The number of aromatic nitrogens is 3. The lowest BCUT2D eigenvalue weighted by Crippen LogP contribution is -2.10. The topological polar surface area (TPSA) is 105 Å². The normalized spacial score (nSPS) is 12.1. The predicted molar refractivity (Wildman–Crippen MR) is 174 cm³/mol. The zero-order valence-corrected chi connectivity index (χ0v) is 26.4. The van der Waals surface area contributed by atoms with E-state index in [9.17, 15) is 9.90 Å². The lowest BCUT2D eigenvalue weighted by atomic mass is 9.86. The lowest BCUT2D eigenvalue weighted by Gasteiger charge is -2.22. The number of carboxylic acids is 1. The second-order valence-corrected chi connectivity index (χ2v) is 11.5. The molecule has 0 spiro atoms. The first-order valence-electron chi connectivity index (χ1n) is 14.7. The number of aliphatic carboxylic acids is 1. The molecule has 0 unspecified atom stereocenters. The summed E-state index contributed by atoms with van der Waals surface area (Å²) in [4.78, 5) is 25.5. The molecule has 0 saturated carbocycles. The number of pyridine rings is 1. The quantitative estimate of drug-likeness (QED) is 0.224. The third-order valence-electron chi connectivity index (χ3n) is 7.15. The molecule has 5 aromatic rings. The van der Waals surface area contributed by atoms with E-state index >= 15 is 0 Å². The van der Waals surface area contributed by atoms with Crippen molar-refractivity contribution in [3.8, 4) is 28.0 Å². The largest absolute Gasteiger partial charge is 0.493 e. The standard InChI is InChI=1S/C30H25N3O3.C4H10O.C2H6/c1-16-12-21-13-20(27-17(2)32-15-33-18(27)3)4-5-22(21)29(24(16)14-26(34)35)23-6-7-25-28-19(9-11-36-25)8-10-31-30(23)28;1-4(2,3)5;1-2/h4-8,10,12-13,15H,9,11,14H2,1-3H3,(H,34,35);5H,1-3H3;1-2H3. The van der Waals surface area contributed by atoms with Crippen molar-refractivity contribution in [1.82, 2.24) is 15.0 Å². The summed E-state index contributed by atoms with van der Waals surface area (Å²) in [6.45, 7) is 15.8. The van der Waals surface area contributed by atoms with E-state index in [0.717, 1.165) is 78.6 Å². The summed E-state index contributed by atoms with van der Waals surface area (Å²) < 4.78 is 5.93. The first kappa shape index (κ1) is 31.6. The third-order valence-corrected chi connectivity index (χ3v) is 7.15. The van der Waals surface area contributed by atoms with Gasteiger partial charge in [-0.15, -0.1) is 0 Å². The second-order valence-electron chi connectivity index (χ2n) is 11.5. The molecule has 7 heteroatoms. The van der Waals surface area contributed by atoms with E-state index in [4.69, 9.17) is 14.8 Å². The van der Waals surface area contributed by atoms with Crippen LogP contribution in [0, 0.1) is 20.8 Å². The number of hydrogen-bond acceptors (Lipinski definition) is 6. The highest BCUT2D eigenvalue weighted by Gasteiger charge is 2.22. The summed E-state index contributed by atoms with van der Waals surface area (Å²) in [7, 11) is 0. The summed E-state index contributed by atoms with van der Waals surface area (Å²) in [5, 5.41) is 21.4. The van der Waals surface area contributed by atoms with Gasteiger partial charge in [-0.05, 0) is 104 Å². The number of aliphatic hydroxyl groups is 1. The predicted octanol–water partition coefficient (Wildman–Crippen LogP) is 7.80. The maximum atomic E-state index is 11.9. The van der Waals surface area contributed by atoms with Crippen molar-refractivity contribution in [3.05, 3.63) is 83.1 Å². The number of fused-ring (bicyclic) bond motifs is 1. The van der Waals surface area contributed by atoms with Crippen molar-refractivity contribution in [3.63, 3.8) is 0 Å². The van der Waals surface area contributed by atoms with Gasteiger partial charge < -0.3 is 14.9 Å². The molecule has 6 rings (SSSR count). The molecule has 0 fully saturated rings. The smallest absolute Gasteiger partial charge is 0.307 e. The van der Waals surface area contributed by atoms with Crippen molar-refractivity contribution in [2.24, 2.45) is 0 Å². The Morgan fingerprint density at radius 1 is 0.930 bits per heavy atom. The minimum Gasteiger partial charge on any atom is -0.493 e. The molecule has 3 aromatic carbocycles. The van der Waals surface area contributed by atoms with Gasteiger partial charge in [0.15, 0.2) is 0 Å². The minimum absolute atomic E-state index is 0.0664. The summed E-state index contributed by atoms with van der Waals surface area (Å²) >= 11 is 0. The number of ether oxygens (including phenoxy) is 1. The van der Waals surface area contributed by atoms with Crippen LogP contribution in [0.15, 0.2) is 55.0 Å². The molecule has 0 atom stereocenters.